The minimum absolute atomic E-state index is 0.142. The Morgan fingerprint density at radius 2 is 2.05 bits per heavy atom. The topological polar surface area (TPSA) is 44.9 Å². The Morgan fingerprint density at radius 3 is 2.58 bits per heavy atom. The standard InChI is InChI=1S/C13H21ClN4O/c1-6-10-11-13(17(4)16-10)18(8(2)7-19-5)12(15-11)9(3)14/h8-9H,6-7H2,1-5H3. The highest BCUT2D eigenvalue weighted by atomic mass is 35.5. The molecule has 0 aliphatic carbocycles. The van der Waals surface area contributed by atoms with Crippen LogP contribution in [-0.2, 0) is 18.2 Å². The summed E-state index contributed by atoms with van der Waals surface area (Å²) in [5.74, 6) is 0.879. The van der Waals surface area contributed by atoms with Gasteiger partial charge in [0.25, 0.3) is 0 Å². The lowest BCUT2D eigenvalue weighted by atomic mass is 10.3. The van der Waals surface area contributed by atoms with Crippen LogP contribution in [-0.4, -0.2) is 33.0 Å². The highest BCUT2D eigenvalue weighted by molar-refractivity contribution is 6.20. The molecule has 2 aromatic rings. The fourth-order valence-electron chi connectivity index (χ4n) is 2.49. The highest BCUT2D eigenvalue weighted by Gasteiger charge is 2.23. The quantitative estimate of drug-likeness (QED) is 0.793. The summed E-state index contributed by atoms with van der Waals surface area (Å²) in [5, 5.41) is 4.38. The normalized spacial score (nSPS) is 15.1. The molecule has 2 atom stereocenters. The second kappa shape index (κ2) is 5.51. The second-order valence-corrected chi connectivity index (χ2v) is 5.51. The Bertz CT molecular complexity index is 573. The van der Waals surface area contributed by atoms with Crippen molar-refractivity contribution in [2.45, 2.75) is 38.6 Å². The maximum atomic E-state index is 6.27. The van der Waals surface area contributed by atoms with Gasteiger partial charge in [-0.1, -0.05) is 6.92 Å². The zero-order valence-corrected chi connectivity index (χ0v) is 12.9. The molecule has 0 aliphatic rings. The first-order valence-electron chi connectivity index (χ1n) is 6.57. The molecule has 0 saturated heterocycles. The molecule has 0 fully saturated rings. The summed E-state index contributed by atoms with van der Waals surface area (Å²) in [6, 6.07) is 0.173. The van der Waals surface area contributed by atoms with E-state index in [1.165, 1.54) is 0 Å². The van der Waals surface area contributed by atoms with Crippen LogP contribution >= 0.6 is 11.6 Å². The largest absolute Gasteiger partial charge is 0.383 e. The van der Waals surface area contributed by atoms with Crippen LogP contribution in [0.3, 0.4) is 0 Å². The predicted octanol–water partition coefficient (Wildman–Crippen LogP) is 2.84. The first-order chi connectivity index (χ1) is 9.01. The van der Waals surface area contributed by atoms with Crippen molar-refractivity contribution >= 4 is 22.8 Å². The molecule has 0 bridgehead atoms. The van der Waals surface area contributed by atoms with Gasteiger partial charge in [-0.05, 0) is 20.3 Å². The Kier molecular flexibility index (Phi) is 4.16. The van der Waals surface area contributed by atoms with Crippen LogP contribution in [0.15, 0.2) is 0 Å². The van der Waals surface area contributed by atoms with Crippen molar-refractivity contribution in [3.8, 4) is 0 Å². The van der Waals surface area contributed by atoms with Crippen LogP contribution in [0.1, 0.15) is 43.7 Å². The number of ether oxygens (including phenoxy) is 1. The van der Waals surface area contributed by atoms with Gasteiger partial charge in [0.1, 0.15) is 11.3 Å². The van der Waals surface area contributed by atoms with Crippen molar-refractivity contribution in [2.75, 3.05) is 13.7 Å². The van der Waals surface area contributed by atoms with Crippen LogP contribution in [0, 0.1) is 0 Å². The van der Waals surface area contributed by atoms with Gasteiger partial charge in [-0.3, -0.25) is 4.68 Å². The van der Waals surface area contributed by atoms with Crippen molar-refractivity contribution in [3.05, 3.63) is 11.5 Å². The first-order valence-corrected chi connectivity index (χ1v) is 7.01. The van der Waals surface area contributed by atoms with Gasteiger partial charge in [-0.15, -0.1) is 11.6 Å². The molecule has 0 saturated carbocycles. The molecule has 0 radical (unpaired) electrons. The van der Waals surface area contributed by atoms with E-state index in [1.807, 2.05) is 18.7 Å². The van der Waals surface area contributed by atoms with Gasteiger partial charge in [-0.2, -0.15) is 5.10 Å². The minimum Gasteiger partial charge on any atom is -0.383 e. The van der Waals surface area contributed by atoms with E-state index in [0.717, 1.165) is 29.1 Å². The number of fused-ring (bicyclic) bond motifs is 1. The van der Waals surface area contributed by atoms with E-state index >= 15 is 0 Å². The molecular weight excluding hydrogens is 264 g/mol. The van der Waals surface area contributed by atoms with Crippen LogP contribution in [0.4, 0.5) is 0 Å². The molecule has 0 aromatic carbocycles. The van der Waals surface area contributed by atoms with E-state index in [0.29, 0.717) is 6.61 Å². The third-order valence-electron chi connectivity index (χ3n) is 3.30. The van der Waals surface area contributed by atoms with Crippen molar-refractivity contribution in [1.29, 1.82) is 0 Å². The van der Waals surface area contributed by atoms with E-state index in [2.05, 4.69) is 23.5 Å². The van der Waals surface area contributed by atoms with Gasteiger partial charge in [0.15, 0.2) is 5.65 Å². The third-order valence-corrected chi connectivity index (χ3v) is 3.50. The summed E-state index contributed by atoms with van der Waals surface area (Å²) in [4.78, 5) is 4.70. The number of hydrogen-bond acceptors (Lipinski definition) is 3. The molecule has 2 rings (SSSR count). The number of methoxy groups -OCH3 is 1. The summed E-state index contributed by atoms with van der Waals surface area (Å²) >= 11 is 6.27. The smallest absolute Gasteiger partial charge is 0.159 e. The molecule has 0 N–H and O–H groups in total. The number of hydrogen-bond donors (Lipinski definition) is 0. The molecule has 0 amide bonds. The predicted molar refractivity (Wildman–Crippen MR) is 76.7 cm³/mol. The summed E-state index contributed by atoms with van der Waals surface area (Å²) < 4.78 is 9.29. The van der Waals surface area contributed by atoms with Gasteiger partial charge >= 0.3 is 0 Å². The highest BCUT2D eigenvalue weighted by Crippen LogP contribution is 2.29. The molecule has 2 unspecified atom stereocenters. The van der Waals surface area contributed by atoms with Crippen LogP contribution < -0.4 is 0 Å². The molecule has 19 heavy (non-hydrogen) atoms. The van der Waals surface area contributed by atoms with Gasteiger partial charge in [0.05, 0.1) is 23.7 Å². The first kappa shape index (κ1) is 14.3. The maximum Gasteiger partial charge on any atom is 0.159 e. The van der Waals surface area contributed by atoms with Crippen LogP contribution in [0.5, 0.6) is 0 Å². The molecule has 0 spiro atoms. The van der Waals surface area contributed by atoms with Crippen LogP contribution in [0.25, 0.3) is 11.2 Å². The van der Waals surface area contributed by atoms with E-state index in [9.17, 15) is 0 Å². The molecule has 2 aromatic heterocycles. The minimum atomic E-state index is -0.142. The number of aryl methyl sites for hydroxylation is 2. The lowest BCUT2D eigenvalue weighted by Crippen LogP contribution is -2.16. The molecule has 106 valence electrons. The van der Waals surface area contributed by atoms with Gasteiger partial charge in [0, 0.05) is 14.2 Å². The SMILES string of the molecule is CCc1nn(C)c2c1nc(C(C)Cl)n2C(C)COC. The Labute approximate surface area is 118 Å². The maximum absolute atomic E-state index is 6.27. The van der Waals surface area contributed by atoms with E-state index in [4.69, 9.17) is 21.3 Å². The number of aromatic nitrogens is 4. The average Bonchev–Trinajstić information content (AvgIpc) is 2.88. The Hall–Kier alpha value is -1.07. The fraction of sp³-hybridized carbons (Fsp3) is 0.692. The molecule has 2 heterocycles. The van der Waals surface area contributed by atoms with Crippen molar-refractivity contribution < 1.29 is 4.74 Å². The van der Waals surface area contributed by atoms with Gasteiger partial charge in [-0.25, -0.2) is 4.98 Å². The van der Waals surface area contributed by atoms with Crippen LogP contribution in [0.2, 0.25) is 0 Å². The zero-order chi connectivity index (χ0) is 14.2. The number of imidazole rings is 1. The third kappa shape index (κ3) is 2.37. The van der Waals surface area contributed by atoms with Gasteiger partial charge in [0.2, 0.25) is 0 Å². The van der Waals surface area contributed by atoms with Crippen molar-refractivity contribution in [3.63, 3.8) is 0 Å². The molecule has 5 nitrogen and oxygen atoms in total. The average molecular weight is 285 g/mol. The number of rotatable bonds is 5. The lowest BCUT2D eigenvalue weighted by Gasteiger charge is -2.17. The van der Waals surface area contributed by atoms with Crippen molar-refractivity contribution in [2.24, 2.45) is 7.05 Å². The van der Waals surface area contributed by atoms with E-state index < -0.39 is 0 Å². The summed E-state index contributed by atoms with van der Waals surface area (Å²) in [6.45, 7) is 6.75. The Balaban J connectivity index is 2.69. The number of halogens is 1. The summed E-state index contributed by atoms with van der Waals surface area (Å²) in [7, 11) is 3.65. The second-order valence-electron chi connectivity index (χ2n) is 4.86. The van der Waals surface area contributed by atoms with Gasteiger partial charge < -0.3 is 9.30 Å². The summed E-state index contributed by atoms with van der Waals surface area (Å²) in [5.41, 5.74) is 2.98. The zero-order valence-electron chi connectivity index (χ0n) is 12.1. The molecule has 0 aliphatic heterocycles. The molecule has 6 heteroatoms. The van der Waals surface area contributed by atoms with Crippen molar-refractivity contribution in [1.82, 2.24) is 19.3 Å². The Morgan fingerprint density at radius 1 is 1.37 bits per heavy atom. The van der Waals surface area contributed by atoms with E-state index in [1.54, 1.807) is 7.11 Å². The molecular formula is C13H21ClN4O. The monoisotopic (exact) mass is 284 g/mol. The van der Waals surface area contributed by atoms with E-state index in [-0.39, 0.29) is 11.4 Å². The fourth-order valence-corrected chi connectivity index (χ4v) is 2.64. The number of alkyl halides is 1. The number of nitrogens with zero attached hydrogens (tertiary/aromatic N) is 4. The summed E-state index contributed by atoms with van der Waals surface area (Å²) in [6.07, 6.45) is 0.864. The lowest BCUT2D eigenvalue weighted by molar-refractivity contribution is 0.162.